The molecule has 1 aromatic rings. The maximum Gasteiger partial charge on any atom is 0.101 e. The number of benzene rings is 1. The molecule has 0 aliphatic heterocycles. The SMILES string of the molecule is C=Cc1ccc(CSC(=S)S)cc1. The van der Waals surface area contributed by atoms with Gasteiger partial charge in [-0.05, 0) is 11.1 Å². The molecule has 13 heavy (non-hydrogen) atoms. The zero-order chi connectivity index (χ0) is 9.68. The summed E-state index contributed by atoms with van der Waals surface area (Å²) in [4.78, 5) is 0. The Morgan fingerprint density at radius 3 is 2.54 bits per heavy atom. The maximum atomic E-state index is 4.85. The van der Waals surface area contributed by atoms with Crippen LogP contribution in [0.1, 0.15) is 11.1 Å². The van der Waals surface area contributed by atoms with Crippen molar-refractivity contribution in [1.29, 1.82) is 0 Å². The van der Waals surface area contributed by atoms with Crippen LogP contribution in [0.5, 0.6) is 0 Å². The molecule has 0 radical (unpaired) electrons. The minimum absolute atomic E-state index is 0.688. The lowest BCUT2D eigenvalue weighted by Crippen LogP contribution is -1.82. The monoisotopic (exact) mass is 226 g/mol. The summed E-state index contributed by atoms with van der Waals surface area (Å²) in [5.74, 6) is 0.889. The van der Waals surface area contributed by atoms with Gasteiger partial charge in [-0.1, -0.05) is 49.1 Å². The van der Waals surface area contributed by atoms with E-state index in [0.29, 0.717) is 3.53 Å². The first-order valence-corrected chi connectivity index (χ1v) is 5.63. The standard InChI is InChI=1S/C10H10S3/c1-2-8-3-5-9(6-4-8)7-13-10(11)12/h2-6H,1,7H2,(H,11,12). The topological polar surface area (TPSA) is 0 Å². The van der Waals surface area contributed by atoms with E-state index in [1.165, 1.54) is 5.56 Å². The quantitative estimate of drug-likeness (QED) is 0.615. The highest BCUT2D eigenvalue weighted by atomic mass is 32.2. The van der Waals surface area contributed by atoms with Gasteiger partial charge in [-0.15, -0.1) is 24.4 Å². The van der Waals surface area contributed by atoms with Crippen LogP contribution in [0.4, 0.5) is 0 Å². The van der Waals surface area contributed by atoms with Crippen molar-refractivity contribution in [2.45, 2.75) is 5.75 Å². The van der Waals surface area contributed by atoms with Crippen LogP contribution >= 0.6 is 36.6 Å². The van der Waals surface area contributed by atoms with Gasteiger partial charge in [0.1, 0.15) is 3.53 Å². The summed E-state index contributed by atoms with van der Waals surface area (Å²) in [5.41, 5.74) is 2.40. The number of thiocarbonyl (C=S) groups is 1. The van der Waals surface area contributed by atoms with E-state index in [4.69, 9.17) is 12.2 Å². The molecule has 0 atom stereocenters. The van der Waals surface area contributed by atoms with E-state index in [-0.39, 0.29) is 0 Å². The van der Waals surface area contributed by atoms with E-state index in [0.717, 1.165) is 11.3 Å². The first-order valence-electron chi connectivity index (χ1n) is 3.79. The van der Waals surface area contributed by atoms with E-state index in [1.807, 2.05) is 18.2 Å². The van der Waals surface area contributed by atoms with Gasteiger partial charge in [0.25, 0.3) is 0 Å². The highest BCUT2D eigenvalue weighted by molar-refractivity contribution is 8.41. The van der Waals surface area contributed by atoms with Crippen molar-refractivity contribution in [2.24, 2.45) is 0 Å². The average Bonchev–Trinajstić information content (AvgIpc) is 2.15. The van der Waals surface area contributed by atoms with Gasteiger partial charge < -0.3 is 0 Å². The Kier molecular flexibility index (Phi) is 4.56. The van der Waals surface area contributed by atoms with Gasteiger partial charge in [0.15, 0.2) is 0 Å². The number of hydrogen-bond acceptors (Lipinski definition) is 2. The lowest BCUT2D eigenvalue weighted by molar-refractivity contribution is 1.42. The fraction of sp³-hybridized carbons (Fsp3) is 0.100. The van der Waals surface area contributed by atoms with Crippen molar-refractivity contribution in [2.75, 3.05) is 0 Å². The van der Waals surface area contributed by atoms with E-state index in [2.05, 4.69) is 31.3 Å². The van der Waals surface area contributed by atoms with Crippen molar-refractivity contribution >= 4 is 46.2 Å². The van der Waals surface area contributed by atoms with Crippen molar-refractivity contribution in [3.63, 3.8) is 0 Å². The molecule has 0 heterocycles. The highest BCUT2D eigenvalue weighted by Gasteiger charge is 1.94. The first kappa shape index (κ1) is 10.8. The fourth-order valence-electron chi connectivity index (χ4n) is 0.895. The molecule has 0 N–H and O–H groups in total. The summed E-state index contributed by atoms with van der Waals surface area (Å²) in [6.07, 6.45) is 1.83. The lowest BCUT2D eigenvalue weighted by atomic mass is 10.1. The Balaban J connectivity index is 2.59. The predicted octanol–water partition coefficient (Wildman–Crippen LogP) is 3.78. The predicted molar refractivity (Wildman–Crippen MR) is 69.4 cm³/mol. The summed E-state index contributed by atoms with van der Waals surface area (Å²) in [7, 11) is 0. The molecule has 0 amide bonds. The molecule has 0 spiro atoms. The molecule has 3 heteroatoms. The second kappa shape index (κ2) is 5.47. The van der Waals surface area contributed by atoms with Crippen molar-refractivity contribution in [3.8, 4) is 0 Å². The maximum absolute atomic E-state index is 4.85. The van der Waals surface area contributed by atoms with Crippen LogP contribution in [-0.2, 0) is 5.75 Å². The van der Waals surface area contributed by atoms with Gasteiger partial charge in [-0.25, -0.2) is 0 Å². The second-order valence-corrected chi connectivity index (χ2v) is 5.20. The normalized spacial score (nSPS) is 9.62. The molecule has 0 aliphatic rings. The highest BCUT2D eigenvalue weighted by Crippen LogP contribution is 2.16. The molecule has 68 valence electrons. The average molecular weight is 226 g/mol. The molecular weight excluding hydrogens is 216 g/mol. The van der Waals surface area contributed by atoms with Crippen LogP contribution in [0, 0.1) is 0 Å². The Morgan fingerprint density at radius 2 is 2.08 bits per heavy atom. The molecule has 0 unspecified atom stereocenters. The Labute approximate surface area is 93.8 Å². The number of thioether (sulfide) groups is 1. The largest absolute Gasteiger partial charge is 0.125 e. The zero-order valence-corrected chi connectivity index (χ0v) is 9.59. The molecule has 0 saturated heterocycles. The van der Waals surface area contributed by atoms with E-state index in [1.54, 1.807) is 11.8 Å². The Morgan fingerprint density at radius 1 is 1.46 bits per heavy atom. The second-order valence-electron chi connectivity index (χ2n) is 2.50. The van der Waals surface area contributed by atoms with Gasteiger partial charge in [0, 0.05) is 5.75 Å². The fourth-order valence-corrected chi connectivity index (χ4v) is 1.75. The molecular formula is C10H10S3. The summed E-state index contributed by atoms with van der Waals surface area (Å²) in [6.45, 7) is 3.70. The van der Waals surface area contributed by atoms with Gasteiger partial charge in [0.2, 0.25) is 0 Å². The third kappa shape index (κ3) is 3.98. The van der Waals surface area contributed by atoms with Gasteiger partial charge >= 0.3 is 0 Å². The molecule has 1 aromatic carbocycles. The van der Waals surface area contributed by atoms with Gasteiger partial charge in [-0.3, -0.25) is 0 Å². The molecule has 0 bridgehead atoms. The molecule has 0 saturated carbocycles. The van der Waals surface area contributed by atoms with Crippen molar-refractivity contribution in [1.82, 2.24) is 0 Å². The van der Waals surface area contributed by atoms with Crippen LogP contribution < -0.4 is 0 Å². The number of rotatable bonds is 3. The molecule has 0 aliphatic carbocycles. The summed E-state index contributed by atoms with van der Waals surface area (Å²) >= 11 is 10.5. The smallest absolute Gasteiger partial charge is 0.101 e. The van der Waals surface area contributed by atoms with Gasteiger partial charge in [-0.2, -0.15) is 0 Å². The third-order valence-electron chi connectivity index (χ3n) is 1.58. The lowest BCUT2D eigenvalue weighted by Gasteiger charge is -1.99. The van der Waals surface area contributed by atoms with E-state index in [9.17, 15) is 0 Å². The Bertz CT molecular complexity index is 300. The molecule has 0 nitrogen and oxygen atoms in total. The molecule has 0 fully saturated rings. The minimum Gasteiger partial charge on any atom is -0.125 e. The minimum atomic E-state index is 0.688. The van der Waals surface area contributed by atoms with Crippen molar-refractivity contribution in [3.05, 3.63) is 42.0 Å². The molecule has 1 rings (SSSR count). The van der Waals surface area contributed by atoms with Gasteiger partial charge in [0.05, 0.1) is 0 Å². The number of thiol groups is 1. The van der Waals surface area contributed by atoms with Crippen LogP contribution in [0.3, 0.4) is 0 Å². The van der Waals surface area contributed by atoms with E-state index >= 15 is 0 Å². The van der Waals surface area contributed by atoms with Crippen LogP contribution in [0.25, 0.3) is 6.08 Å². The summed E-state index contributed by atoms with van der Waals surface area (Å²) < 4.78 is 0.688. The first-order chi connectivity index (χ1) is 6.22. The Hall–Kier alpha value is -0.250. The third-order valence-corrected chi connectivity index (χ3v) is 3.04. The van der Waals surface area contributed by atoms with Crippen molar-refractivity contribution < 1.29 is 0 Å². The summed E-state index contributed by atoms with van der Waals surface area (Å²) in [6, 6.07) is 8.25. The van der Waals surface area contributed by atoms with E-state index < -0.39 is 0 Å². The molecule has 0 aromatic heterocycles. The van der Waals surface area contributed by atoms with Crippen LogP contribution in [-0.4, -0.2) is 3.53 Å². The summed E-state index contributed by atoms with van der Waals surface area (Å²) in [5, 5.41) is 0. The van der Waals surface area contributed by atoms with Crippen LogP contribution in [0.15, 0.2) is 30.8 Å². The zero-order valence-electron chi connectivity index (χ0n) is 7.06. The van der Waals surface area contributed by atoms with Crippen LogP contribution in [0.2, 0.25) is 0 Å². The number of hydrogen-bond donors (Lipinski definition) is 1.